The summed E-state index contributed by atoms with van der Waals surface area (Å²) >= 11 is 5.64. The number of benzene rings is 1. The molecule has 0 saturated carbocycles. The van der Waals surface area contributed by atoms with E-state index in [1.807, 2.05) is 0 Å². The molecule has 0 saturated heterocycles. The predicted molar refractivity (Wildman–Crippen MR) is 65.1 cm³/mol. The first-order valence-electron chi connectivity index (χ1n) is 5.50. The molecule has 0 aliphatic carbocycles. The fourth-order valence-corrected chi connectivity index (χ4v) is 1.64. The molecular weight excluding hydrogens is 285 g/mol. The number of alkyl halides is 3. The lowest BCUT2D eigenvalue weighted by atomic mass is 10.2. The average Bonchev–Trinajstić information content (AvgIpc) is 2.29. The van der Waals surface area contributed by atoms with E-state index in [4.69, 9.17) is 11.6 Å². The van der Waals surface area contributed by atoms with Gasteiger partial charge in [-0.3, -0.25) is 10.1 Å². The molecule has 0 bridgehead atoms. The first-order chi connectivity index (χ1) is 8.79. The highest BCUT2D eigenvalue weighted by molar-refractivity contribution is 6.32. The molecule has 0 fully saturated rings. The van der Waals surface area contributed by atoms with Crippen molar-refractivity contribution in [1.82, 2.24) is 5.32 Å². The largest absolute Gasteiger partial charge is 0.389 e. The van der Waals surface area contributed by atoms with E-state index in [9.17, 15) is 23.3 Å². The summed E-state index contributed by atoms with van der Waals surface area (Å²) in [5, 5.41) is 13.5. The Morgan fingerprint density at radius 2 is 2.05 bits per heavy atom. The van der Waals surface area contributed by atoms with Crippen LogP contribution in [0.25, 0.3) is 0 Å². The lowest BCUT2D eigenvalue weighted by molar-refractivity contribution is -0.384. The SMILES string of the molecule is O=[N+]([O-])c1cc(CNCCCC(F)(F)F)ccc1Cl. The molecule has 19 heavy (non-hydrogen) atoms. The number of rotatable bonds is 6. The van der Waals surface area contributed by atoms with Gasteiger partial charge in [0.05, 0.1) is 4.92 Å². The number of nitro groups is 1. The normalized spacial score (nSPS) is 11.6. The van der Waals surface area contributed by atoms with Gasteiger partial charge >= 0.3 is 6.18 Å². The number of halogens is 4. The van der Waals surface area contributed by atoms with E-state index in [-0.39, 0.29) is 30.2 Å². The van der Waals surface area contributed by atoms with E-state index in [1.165, 1.54) is 12.1 Å². The highest BCUT2D eigenvalue weighted by Crippen LogP contribution is 2.25. The molecule has 0 aromatic heterocycles. The van der Waals surface area contributed by atoms with Gasteiger partial charge in [0.2, 0.25) is 0 Å². The maximum Gasteiger partial charge on any atom is 0.389 e. The van der Waals surface area contributed by atoms with Crippen LogP contribution in [-0.4, -0.2) is 17.6 Å². The molecule has 0 radical (unpaired) electrons. The fourth-order valence-electron chi connectivity index (χ4n) is 1.45. The second-order valence-corrected chi connectivity index (χ2v) is 4.35. The summed E-state index contributed by atoms with van der Waals surface area (Å²) in [6, 6.07) is 4.29. The van der Waals surface area contributed by atoms with Crippen LogP contribution in [0.3, 0.4) is 0 Å². The molecule has 4 nitrogen and oxygen atoms in total. The highest BCUT2D eigenvalue weighted by atomic mass is 35.5. The third kappa shape index (κ3) is 5.89. The molecule has 1 aromatic rings. The Balaban J connectivity index is 2.42. The summed E-state index contributed by atoms with van der Waals surface area (Å²) < 4.78 is 35.6. The molecule has 0 atom stereocenters. The quantitative estimate of drug-likeness (QED) is 0.495. The second kappa shape index (κ2) is 6.72. The molecule has 0 heterocycles. The van der Waals surface area contributed by atoms with E-state index in [0.29, 0.717) is 5.56 Å². The van der Waals surface area contributed by atoms with Gasteiger partial charge in [-0.05, 0) is 24.6 Å². The lowest BCUT2D eigenvalue weighted by Gasteiger charge is -2.07. The number of nitro benzene ring substituents is 1. The van der Waals surface area contributed by atoms with Crippen LogP contribution < -0.4 is 5.32 Å². The second-order valence-electron chi connectivity index (χ2n) is 3.94. The first kappa shape index (κ1) is 15.7. The van der Waals surface area contributed by atoms with Gasteiger partial charge in [0.1, 0.15) is 5.02 Å². The third-order valence-corrected chi connectivity index (χ3v) is 2.67. The first-order valence-corrected chi connectivity index (χ1v) is 5.87. The smallest absolute Gasteiger partial charge is 0.313 e. The zero-order valence-electron chi connectivity index (χ0n) is 9.84. The molecule has 0 unspecified atom stereocenters. The van der Waals surface area contributed by atoms with Crippen molar-refractivity contribution in [2.45, 2.75) is 25.6 Å². The number of nitrogens with one attached hydrogen (secondary N) is 1. The minimum absolute atomic E-state index is 0.0286. The van der Waals surface area contributed by atoms with Crippen molar-refractivity contribution in [3.05, 3.63) is 38.9 Å². The summed E-state index contributed by atoms with van der Waals surface area (Å²) in [6.45, 7) is 0.450. The van der Waals surface area contributed by atoms with Crippen molar-refractivity contribution in [3.8, 4) is 0 Å². The molecule has 0 amide bonds. The third-order valence-electron chi connectivity index (χ3n) is 2.35. The molecule has 8 heteroatoms. The van der Waals surface area contributed by atoms with Crippen LogP contribution in [0.4, 0.5) is 18.9 Å². The molecule has 0 spiro atoms. The summed E-state index contributed by atoms with van der Waals surface area (Å²) in [5.41, 5.74) is 0.388. The monoisotopic (exact) mass is 296 g/mol. The van der Waals surface area contributed by atoms with Gasteiger partial charge in [-0.2, -0.15) is 13.2 Å². The van der Waals surface area contributed by atoms with Gasteiger partial charge in [-0.1, -0.05) is 17.7 Å². The van der Waals surface area contributed by atoms with Gasteiger partial charge < -0.3 is 5.32 Å². The van der Waals surface area contributed by atoms with Crippen LogP contribution in [0.1, 0.15) is 18.4 Å². The Morgan fingerprint density at radius 1 is 1.37 bits per heavy atom. The Morgan fingerprint density at radius 3 is 2.63 bits per heavy atom. The minimum Gasteiger partial charge on any atom is -0.313 e. The van der Waals surface area contributed by atoms with E-state index in [0.717, 1.165) is 0 Å². The van der Waals surface area contributed by atoms with Crippen molar-refractivity contribution >= 4 is 17.3 Å². The van der Waals surface area contributed by atoms with Crippen molar-refractivity contribution in [2.75, 3.05) is 6.54 Å². The van der Waals surface area contributed by atoms with Crippen molar-refractivity contribution < 1.29 is 18.1 Å². The molecule has 1 N–H and O–H groups in total. The van der Waals surface area contributed by atoms with Crippen LogP contribution in [0, 0.1) is 10.1 Å². The average molecular weight is 297 g/mol. The van der Waals surface area contributed by atoms with Crippen molar-refractivity contribution in [1.29, 1.82) is 0 Å². The van der Waals surface area contributed by atoms with Gasteiger partial charge in [0.25, 0.3) is 5.69 Å². The molecular formula is C11H12ClF3N2O2. The molecule has 1 rings (SSSR count). The highest BCUT2D eigenvalue weighted by Gasteiger charge is 2.25. The van der Waals surface area contributed by atoms with Crippen molar-refractivity contribution in [3.63, 3.8) is 0 Å². The zero-order valence-corrected chi connectivity index (χ0v) is 10.6. The Labute approximate surface area is 112 Å². The van der Waals surface area contributed by atoms with Crippen molar-refractivity contribution in [2.24, 2.45) is 0 Å². The Bertz CT molecular complexity index is 452. The van der Waals surface area contributed by atoms with E-state index >= 15 is 0 Å². The van der Waals surface area contributed by atoms with Gasteiger partial charge in [0, 0.05) is 19.0 Å². The minimum atomic E-state index is -4.15. The summed E-state index contributed by atoms with van der Waals surface area (Å²) in [6.07, 6.45) is -5.03. The van der Waals surface area contributed by atoms with Crippen LogP contribution in [0.5, 0.6) is 0 Å². The van der Waals surface area contributed by atoms with E-state index < -0.39 is 17.5 Å². The van der Waals surface area contributed by atoms with E-state index in [1.54, 1.807) is 6.07 Å². The summed E-state index contributed by atoms with van der Waals surface area (Å²) in [5.74, 6) is 0. The molecule has 0 aliphatic rings. The predicted octanol–water partition coefficient (Wildman–Crippen LogP) is 3.68. The van der Waals surface area contributed by atoms with Crippen LogP contribution in [-0.2, 0) is 6.54 Å². The molecule has 1 aromatic carbocycles. The fraction of sp³-hybridized carbons (Fsp3) is 0.455. The zero-order chi connectivity index (χ0) is 14.5. The molecule has 0 aliphatic heterocycles. The molecule has 106 valence electrons. The number of hydrogen-bond acceptors (Lipinski definition) is 3. The maximum atomic E-state index is 11.9. The summed E-state index contributed by atoms with van der Waals surface area (Å²) in [7, 11) is 0. The van der Waals surface area contributed by atoms with Gasteiger partial charge in [0.15, 0.2) is 0 Å². The van der Waals surface area contributed by atoms with Gasteiger partial charge in [-0.15, -0.1) is 0 Å². The topological polar surface area (TPSA) is 55.2 Å². The van der Waals surface area contributed by atoms with Gasteiger partial charge in [-0.25, -0.2) is 0 Å². The Kier molecular flexibility index (Phi) is 5.56. The van der Waals surface area contributed by atoms with E-state index in [2.05, 4.69) is 5.32 Å². The number of hydrogen-bond donors (Lipinski definition) is 1. The summed E-state index contributed by atoms with van der Waals surface area (Å²) in [4.78, 5) is 10.0. The van der Waals surface area contributed by atoms with Crippen LogP contribution >= 0.6 is 11.6 Å². The standard InChI is InChI=1S/C11H12ClF3N2O2/c12-9-3-2-8(6-10(9)17(18)19)7-16-5-1-4-11(13,14)15/h2-3,6,16H,1,4-5,7H2. The maximum absolute atomic E-state index is 11.9. The van der Waals surface area contributed by atoms with Crippen LogP contribution in [0.15, 0.2) is 18.2 Å². The number of nitrogens with zero attached hydrogens (tertiary/aromatic N) is 1. The lowest BCUT2D eigenvalue weighted by Crippen LogP contribution is -2.17. The van der Waals surface area contributed by atoms with Crippen LogP contribution in [0.2, 0.25) is 5.02 Å². The Hall–Kier alpha value is -1.34.